The van der Waals surface area contributed by atoms with Crippen molar-refractivity contribution < 1.29 is 18.7 Å². The van der Waals surface area contributed by atoms with Crippen LogP contribution in [0.4, 0.5) is 10.1 Å². The van der Waals surface area contributed by atoms with Gasteiger partial charge in [0.05, 0.1) is 18.4 Å². The highest BCUT2D eigenvalue weighted by molar-refractivity contribution is 6.31. The number of amides is 1. The van der Waals surface area contributed by atoms with E-state index >= 15 is 0 Å². The number of anilines is 1. The summed E-state index contributed by atoms with van der Waals surface area (Å²) in [7, 11) is 1.23. The topological polar surface area (TPSA) is 73.2 Å². The molecule has 0 aliphatic rings. The highest BCUT2D eigenvalue weighted by Gasteiger charge is 2.17. The molecule has 0 saturated carbocycles. The molecule has 0 radical (unpaired) electrons. The molecule has 0 atom stereocenters. The summed E-state index contributed by atoms with van der Waals surface area (Å²) in [5, 5.41) is 6.98. The summed E-state index contributed by atoms with van der Waals surface area (Å²) in [5.74, 6) is -1.67. The van der Waals surface area contributed by atoms with Crippen LogP contribution in [0, 0.1) is 5.82 Å². The Morgan fingerprint density at radius 2 is 1.96 bits per heavy atom. The number of aromatic nitrogens is 2. The van der Waals surface area contributed by atoms with E-state index < -0.39 is 17.7 Å². The van der Waals surface area contributed by atoms with Crippen LogP contribution in [0.25, 0.3) is 5.69 Å². The summed E-state index contributed by atoms with van der Waals surface area (Å²) in [6, 6.07) is 11.9. The summed E-state index contributed by atoms with van der Waals surface area (Å²) in [6.45, 7) is 0. The van der Waals surface area contributed by atoms with E-state index in [1.165, 1.54) is 48.3 Å². The van der Waals surface area contributed by atoms with Crippen molar-refractivity contribution in [2.45, 2.75) is 0 Å². The average molecular weight is 374 g/mol. The molecule has 6 nitrogen and oxygen atoms in total. The molecule has 3 aromatic rings. The zero-order valence-electron chi connectivity index (χ0n) is 13.6. The fourth-order valence-electron chi connectivity index (χ4n) is 2.31. The Morgan fingerprint density at radius 3 is 2.69 bits per heavy atom. The molecule has 3 rings (SSSR count). The highest BCUT2D eigenvalue weighted by Crippen LogP contribution is 2.22. The van der Waals surface area contributed by atoms with E-state index in [2.05, 4.69) is 15.2 Å². The number of para-hydroxylation sites is 1. The van der Waals surface area contributed by atoms with Crippen LogP contribution in [0.15, 0.2) is 54.7 Å². The third kappa shape index (κ3) is 3.57. The summed E-state index contributed by atoms with van der Waals surface area (Å²) < 4.78 is 19.8. The Morgan fingerprint density at radius 1 is 1.19 bits per heavy atom. The monoisotopic (exact) mass is 373 g/mol. The lowest BCUT2D eigenvalue weighted by atomic mass is 10.1. The van der Waals surface area contributed by atoms with Crippen LogP contribution in [0.5, 0.6) is 0 Å². The van der Waals surface area contributed by atoms with Crippen molar-refractivity contribution in [1.29, 1.82) is 0 Å². The van der Waals surface area contributed by atoms with Gasteiger partial charge in [-0.1, -0.05) is 23.7 Å². The minimum atomic E-state index is -0.639. The van der Waals surface area contributed by atoms with E-state index in [0.717, 1.165) is 0 Å². The van der Waals surface area contributed by atoms with Crippen molar-refractivity contribution in [2.24, 2.45) is 0 Å². The maximum Gasteiger partial charge on any atom is 0.340 e. The molecule has 0 fully saturated rings. The first-order valence-corrected chi connectivity index (χ1v) is 7.87. The number of hydrogen-bond donors (Lipinski definition) is 1. The quantitative estimate of drug-likeness (QED) is 0.708. The lowest BCUT2D eigenvalue weighted by Gasteiger charge is -2.09. The summed E-state index contributed by atoms with van der Waals surface area (Å²) in [5.41, 5.74) is 0.612. The summed E-state index contributed by atoms with van der Waals surface area (Å²) in [6.07, 6.45) is 1.47. The Labute approximate surface area is 153 Å². The van der Waals surface area contributed by atoms with Gasteiger partial charge in [0.1, 0.15) is 11.5 Å². The molecule has 1 heterocycles. The van der Waals surface area contributed by atoms with E-state index in [0.29, 0.717) is 5.02 Å². The molecular weight excluding hydrogens is 361 g/mol. The van der Waals surface area contributed by atoms with Gasteiger partial charge in [0.2, 0.25) is 0 Å². The first-order valence-electron chi connectivity index (χ1n) is 7.49. The molecule has 0 bridgehead atoms. The van der Waals surface area contributed by atoms with Crippen molar-refractivity contribution in [1.82, 2.24) is 9.78 Å². The van der Waals surface area contributed by atoms with Crippen LogP contribution in [0.1, 0.15) is 20.8 Å². The second-order valence-electron chi connectivity index (χ2n) is 5.23. The predicted octanol–water partition coefficient (Wildman–Crippen LogP) is 3.70. The van der Waals surface area contributed by atoms with E-state index in [1.807, 2.05) is 0 Å². The second kappa shape index (κ2) is 7.37. The van der Waals surface area contributed by atoms with Gasteiger partial charge in [-0.3, -0.25) is 4.79 Å². The minimum Gasteiger partial charge on any atom is -0.465 e. The van der Waals surface area contributed by atoms with Gasteiger partial charge in [-0.2, -0.15) is 5.10 Å². The SMILES string of the molecule is COC(=O)c1cc(Cl)ccc1NC(=O)c1ccn(-c2ccccc2F)n1. The molecule has 0 unspecified atom stereocenters. The van der Waals surface area contributed by atoms with Crippen molar-refractivity contribution >= 4 is 29.2 Å². The molecule has 1 amide bonds. The number of carbonyl (C=O) groups is 2. The number of nitrogens with zero attached hydrogens (tertiary/aromatic N) is 2. The van der Waals surface area contributed by atoms with Crippen molar-refractivity contribution in [3.63, 3.8) is 0 Å². The third-order valence-corrected chi connectivity index (χ3v) is 3.79. The second-order valence-corrected chi connectivity index (χ2v) is 5.67. The maximum absolute atomic E-state index is 13.8. The predicted molar refractivity (Wildman–Crippen MR) is 94.3 cm³/mol. The lowest BCUT2D eigenvalue weighted by Crippen LogP contribution is -2.16. The lowest BCUT2D eigenvalue weighted by molar-refractivity contribution is 0.0602. The van der Waals surface area contributed by atoms with E-state index in [9.17, 15) is 14.0 Å². The Balaban J connectivity index is 1.86. The molecule has 0 saturated heterocycles. The molecule has 132 valence electrons. The van der Waals surface area contributed by atoms with Gasteiger partial charge < -0.3 is 10.1 Å². The van der Waals surface area contributed by atoms with Crippen LogP contribution in [0.3, 0.4) is 0 Å². The average Bonchev–Trinajstić information content (AvgIpc) is 3.13. The number of rotatable bonds is 4. The zero-order chi connectivity index (χ0) is 18.7. The molecule has 8 heteroatoms. The van der Waals surface area contributed by atoms with Crippen LogP contribution in [0.2, 0.25) is 5.02 Å². The molecule has 0 aliphatic heterocycles. The summed E-state index contributed by atoms with van der Waals surface area (Å²) in [4.78, 5) is 24.3. The fourth-order valence-corrected chi connectivity index (χ4v) is 2.48. The molecule has 1 aromatic heterocycles. The van der Waals surface area contributed by atoms with Gasteiger partial charge >= 0.3 is 5.97 Å². The smallest absolute Gasteiger partial charge is 0.340 e. The van der Waals surface area contributed by atoms with Gasteiger partial charge in [-0.15, -0.1) is 0 Å². The fraction of sp³-hybridized carbons (Fsp3) is 0.0556. The van der Waals surface area contributed by atoms with E-state index in [-0.39, 0.29) is 22.6 Å². The molecular formula is C18H13ClFN3O3. The van der Waals surface area contributed by atoms with Crippen molar-refractivity contribution in [3.05, 3.63) is 76.8 Å². The number of carbonyl (C=O) groups excluding carboxylic acids is 2. The number of ether oxygens (including phenoxy) is 1. The molecule has 0 aliphatic carbocycles. The standard InChI is InChI=1S/C18H13ClFN3O3/c1-26-18(25)12-10-11(19)6-7-14(12)21-17(24)15-8-9-23(22-15)16-5-3-2-4-13(16)20/h2-10H,1H3,(H,21,24). The molecule has 0 spiro atoms. The third-order valence-electron chi connectivity index (χ3n) is 3.56. The summed E-state index contributed by atoms with van der Waals surface area (Å²) >= 11 is 5.89. The Bertz CT molecular complexity index is 987. The van der Waals surface area contributed by atoms with Gasteiger partial charge in [0.15, 0.2) is 5.69 Å². The minimum absolute atomic E-state index is 0.0546. The molecule has 2 aromatic carbocycles. The normalized spacial score (nSPS) is 10.4. The van der Waals surface area contributed by atoms with Gasteiger partial charge in [0, 0.05) is 11.2 Å². The highest BCUT2D eigenvalue weighted by atomic mass is 35.5. The van der Waals surface area contributed by atoms with E-state index in [1.54, 1.807) is 18.2 Å². The molecule has 26 heavy (non-hydrogen) atoms. The maximum atomic E-state index is 13.8. The Kier molecular flexibility index (Phi) is 4.99. The van der Waals surface area contributed by atoms with Crippen molar-refractivity contribution in [3.8, 4) is 5.69 Å². The van der Waals surface area contributed by atoms with Gasteiger partial charge in [-0.25, -0.2) is 13.9 Å². The Hall–Kier alpha value is -3.19. The zero-order valence-corrected chi connectivity index (χ0v) is 14.3. The number of esters is 1. The largest absolute Gasteiger partial charge is 0.465 e. The van der Waals surface area contributed by atoms with E-state index in [4.69, 9.17) is 11.6 Å². The first-order chi connectivity index (χ1) is 12.5. The number of nitrogens with one attached hydrogen (secondary N) is 1. The van der Waals surface area contributed by atoms with Crippen LogP contribution in [-0.2, 0) is 4.74 Å². The number of halogens is 2. The van der Waals surface area contributed by atoms with Crippen LogP contribution < -0.4 is 5.32 Å². The van der Waals surface area contributed by atoms with Crippen molar-refractivity contribution in [2.75, 3.05) is 12.4 Å². The van der Waals surface area contributed by atoms with Gasteiger partial charge in [-0.05, 0) is 36.4 Å². The number of benzene rings is 2. The molecule has 1 N–H and O–H groups in total. The number of methoxy groups -OCH3 is 1. The van der Waals surface area contributed by atoms with Gasteiger partial charge in [0.25, 0.3) is 5.91 Å². The first kappa shape index (κ1) is 17.6. The number of hydrogen-bond acceptors (Lipinski definition) is 4. The van der Waals surface area contributed by atoms with Crippen LogP contribution >= 0.6 is 11.6 Å². The van der Waals surface area contributed by atoms with Crippen LogP contribution in [-0.4, -0.2) is 28.8 Å².